The van der Waals surface area contributed by atoms with E-state index in [2.05, 4.69) is 10.2 Å². The highest BCUT2D eigenvalue weighted by atomic mass is 35.5. The van der Waals surface area contributed by atoms with Crippen LogP contribution in [-0.2, 0) is 0 Å². The molecule has 2 nitrogen and oxygen atoms in total. The molecule has 32 heavy (non-hydrogen) atoms. The zero-order chi connectivity index (χ0) is 23.2. The Hall–Kier alpha value is 0.440. The molecule has 0 spiro atoms. The largest absolute Gasteiger partial charge is 0.179 e. The molecule has 1 heterocycles. The molecule has 1 aromatic heterocycles. The molecule has 0 radical (unpaired) electrons. The molecule has 0 fully saturated rings. The maximum absolute atomic E-state index is 6.76. The fourth-order valence-electron chi connectivity index (χ4n) is 3.63. The predicted molar refractivity (Wildman–Crippen MR) is 142 cm³/mol. The van der Waals surface area contributed by atoms with Crippen LogP contribution in [0.5, 0.6) is 0 Å². The minimum atomic E-state index is 0.0892. The lowest BCUT2D eigenvalue weighted by molar-refractivity contribution is 0.984. The number of hydrogen-bond acceptors (Lipinski definition) is 4. The lowest BCUT2D eigenvalue weighted by Crippen LogP contribution is -1.89. The summed E-state index contributed by atoms with van der Waals surface area (Å²) in [5, 5.41) is 11.5. The molecule has 0 saturated carbocycles. The van der Waals surface area contributed by atoms with Crippen molar-refractivity contribution in [2.24, 2.45) is 0 Å². The molecule has 5 rings (SSSR count). The number of fused-ring (bicyclic) bond motifs is 3. The van der Waals surface area contributed by atoms with Crippen molar-refractivity contribution in [2.75, 3.05) is 0 Å². The summed E-state index contributed by atoms with van der Waals surface area (Å²) in [5.41, 5.74) is 2.10. The number of nitrogens with zero attached hydrogens (tertiary/aromatic N) is 2. The van der Waals surface area contributed by atoms with Gasteiger partial charge in [-0.2, -0.15) is 0 Å². The number of aryl methyl sites for hydroxylation is 1. The molecule has 0 bridgehead atoms. The van der Waals surface area contributed by atoms with E-state index in [0.717, 1.165) is 5.01 Å². The van der Waals surface area contributed by atoms with E-state index in [9.17, 15) is 0 Å². The van der Waals surface area contributed by atoms with Gasteiger partial charge in [0.1, 0.15) is 5.01 Å². The maximum atomic E-state index is 6.76. The van der Waals surface area contributed by atoms with Crippen molar-refractivity contribution < 1.29 is 0 Å². The van der Waals surface area contributed by atoms with Crippen LogP contribution in [0.1, 0.15) is 5.01 Å². The summed E-state index contributed by atoms with van der Waals surface area (Å²) in [6.07, 6.45) is 0. The molecule has 164 valence electrons. The van der Waals surface area contributed by atoms with Gasteiger partial charge in [0.15, 0.2) is 4.34 Å². The Bertz CT molecular complexity index is 1510. The van der Waals surface area contributed by atoms with Crippen LogP contribution in [0.2, 0.25) is 45.2 Å². The third-order valence-electron chi connectivity index (χ3n) is 4.88. The number of halogens is 9. The fraction of sp³-hybridized carbons (Fsp3) is 0.0526. The Morgan fingerprint density at radius 1 is 0.531 bits per heavy atom. The lowest BCUT2D eigenvalue weighted by atomic mass is 10.0. The zero-order valence-corrected chi connectivity index (χ0v) is 23.5. The second-order valence-corrected chi connectivity index (χ2v) is 12.4. The van der Waals surface area contributed by atoms with Gasteiger partial charge in [0, 0.05) is 37.9 Å². The van der Waals surface area contributed by atoms with Crippen molar-refractivity contribution in [3.05, 3.63) is 50.2 Å². The van der Waals surface area contributed by atoms with Gasteiger partial charge < -0.3 is 0 Å². The lowest BCUT2D eigenvalue weighted by Gasteiger charge is -2.16. The van der Waals surface area contributed by atoms with E-state index < -0.39 is 0 Å². The Morgan fingerprint density at radius 2 is 1.03 bits per heavy atom. The molecule has 3 aromatic carbocycles. The van der Waals surface area contributed by atoms with E-state index >= 15 is 0 Å². The van der Waals surface area contributed by atoms with Crippen LogP contribution >= 0.6 is 128 Å². The van der Waals surface area contributed by atoms with Gasteiger partial charge in [-0.1, -0.05) is 128 Å². The van der Waals surface area contributed by atoms with Gasteiger partial charge in [-0.15, -0.1) is 10.2 Å². The fourth-order valence-corrected chi connectivity index (χ4v) is 8.11. The van der Waals surface area contributed by atoms with E-state index in [4.69, 9.17) is 104 Å². The molecule has 1 aliphatic carbocycles. The summed E-state index contributed by atoms with van der Waals surface area (Å²) in [5.74, 6) is 0. The van der Waals surface area contributed by atoms with E-state index in [1.165, 1.54) is 23.1 Å². The van der Waals surface area contributed by atoms with Crippen LogP contribution in [-0.4, -0.2) is 10.2 Å². The van der Waals surface area contributed by atoms with E-state index in [1.54, 1.807) is 0 Å². The average molecular weight is 642 g/mol. The molecule has 0 atom stereocenters. The van der Waals surface area contributed by atoms with Crippen molar-refractivity contribution >= 4 is 138 Å². The highest BCUT2D eigenvalue weighted by molar-refractivity contribution is 8.01. The average Bonchev–Trinajstić information content (AvgIpc) is 3.33. The van der Waals surface area contributed by atoms with Crippen molar-refractivity contribution in [3.8, 4) is 22.3 Å². The molecule has 4 aromatic rings. The van der Waals surface area contributed by atoms with E-state index in [1.807, 2.05) is 6.92 Å². The second-order valence-electron chi connectivity index (χ2n) is 6.59. The standard InChI is InChI=1S/C19H3Cl9N2S2/c1-2-29-30-19(31-2)32-18-7-3-4(5-6(7)11(22)16(27)15(26)10(5)21)9(20)14(25)12(23)8(3)13(24)17(18)28/h1H3. The Labute approximate surface area is 234 Å². The maximum Gasteiger partial charge on any atom is 0.179 e. The first-order chi connectivity index (χ1) is 15.1. The molecule has 0 N–H and O–H groups in total. The first-order valence-corrected chi connectivity index (χ1v) is 13.4. The molecule has 0 aliphatic heterocycles. The van der Waals surface area contributed by atoms with Crippen molar-refractivity contribution in [1.29, 1.82) is 0 Å². The number of benzene rings is 3. The van der Waals surface area contributed by atoms with Crippen molar-refractivity contribution in [3.63, 3.8) is 0 Å². The van der Waals surface area contributed by atoms with Crippen LogP contribution < -0.4 is 0 Å². The number of rotatable bonds is 2. The molecule has 1 aliphatic rings. The molecule has 0 saturated heterocycles. The van der Waals surface area contributed by atoms with E-state index in [-0.39, 0.29) is 45.2 Å². The second kappa shape index (κ2) is 8.53. The summed E-state index contributed by atoms with van der Waals surface area (Å²) in [7, 11) is 0. The third-order valence-corrected chi connectivity index (χ3v) is 11.0. The Morgan fingerprint density at radius 3 is 1.59 bits per heavy atom. The Balaban J connectivity index is 2.05. The van der Waals surface area contributed by atoms with Gasteiger partial charge in [-0.05, 0) is 6.92 Å². The van der Waals surface area contributed by atoms with Gasteiger partial charge in [-0.25, -0.2) is 0 Å². The van der Waals surface area contributed by atoms with Crippen LogP contribution in [0, 0.1) is 6.92 Å². The zero-order valence-electron chi connectivity index (χ0n) is 15.1. The highest BCUT2D eigenvalue weighted by Gasteiger charge is 2.38. The molecule has 0 amide bonds. The molecular weight excluding hydrogens is 639 g/mol. The molecule has 0 unspecified atom stereocenters. The van der Waals surface area contributed by atoms with Gasteiger partial charge >= 0.3 is 0 Å². The van der Waals surface area contributed by atoms with Gasteiger partial charge in [0.05, 0.1) is 45.2 Å². The Kier molecular flexibility index (Phi) is 6.44. The van der Waals surface area contributed by atoms with Gasteiger partial charge in [-0.3, -0.25) is 0 Å². The summed E-state index contributed by atoms with van der Waals surface area (Å²) in [6, 6.07) is 0. The third kappa shape index (κ3) is 3.30. The van der Waals surface area contributed by atoms with Crippen LogP contribution in [0.15, 0.2) is 9.24 Å². The molecular formula is C19H3Cl9N2S2. The van der Waals surface area contributed by atoms with Crippen LogP contribution in [0.4, 0.5) is 0 Å². The number of aromatic nitrogens is 2. The number of hydrogen-bond donors (Lipinski definition) is 0. The summed E-state index contributed by atoms with van der Waals surface area (Å²) < 4.78 is 0.652. The van der Waals surface area contributed by atoms with Crippen molar-refractivity contribution in [2.45, 2.75) is 16.2 Å². The SMILES string of the molecule is Cc1nnc(Sc2c(Cl)c(Cl)c3c(Cl)c(Cl)c(Cl)c4c3c2-c2c(Cl)c(Cl)c(Cl)c(Cl)c2-4)s1. The van der Waals surface area contributed by atoms with E-state index in [0.29, 0.717) is 42.3 Å². The minimum Gasteiger partial charge on any atom is -0.143 e. The minimum absolute atomic E-state index is 0.0892. The van der Waals surface area contributed by atoms with Crippen molar-refractivity contribution in [1.82, 2.24) is 10.2 Å². The first kappa shape index (κ1) is 24.1. The normalized spacial score (nSPS) is 12.2. The van der Waals surface area contributed by atoms with Crippen LogP contribution in [0.25, 0.3) is 33.0 Å². The summed E-state index contributed by atoms with van der Waals surface area (Å²) in [6.45, 7) is 1.85. The summed E-state index contributed by atoms with van der Waals surface area (Å²) in [4.78, 5) is 0.575. The first-order valence-electron chi connectivity index (χ1n) is 8.41. The van der Waals surface area contributed by atoms with Crippen LogP contribution in [0.3, 0.4) is 0 Å². The topological polar surface area (TPSA) is 25.8 Å². The monoisotopic (exact) mass is 638 g/mol. The van der Waals surface area contributed by atoms with Gasteiger partial charge in [0.2, 0.25) is 0 Å². The van der Waals surface area contributed by atoms with Gasteiger partial charge in [0.25, 0.3) is 0 Å². The summed E-state index contributed by atoms with van der Waals surface area (Å²) >= 11 is 62.0. The smallest absolute Gasteiger partial charge is 0.143 e. The quantitative estimate of drug-likeness (QED) is 0.142. The highest BCUT2D eigenvalue weighted by Crippen LogP contribution is 2.65. The predicted octanol–water partition coefficient (Wildman–Crippen LogP) is 11.7. The molecule has 13 heteroatoms.